The van der Waals surface area contributed by atoms with Gasteiger partial charge in [-0.2, -0.15) is 0 Å². The summed E-state index contributed by atoms with van der Waals surface area (Å²) in [6.07, 6.45) is 10.8. The van der Waals surface area contributed by atoms with E-state index >= 15 is 0 Å². The Bertz CT molecular complexity index is 1560. The summed E-state index contributed by atoms with van der Waals surface area (Å²) in [5.41, 5.74) is 18.7. The molecule has 0 heterocycles. The molecule has 6 rings (SSSR count). The second kappa shape index (κ2) is 14.6. The van der Waals surface area contributed by atoms with Gasteiger partial charge in [0.1, 0.15) is 23.0 Å². The maximum atomic E-state index is 6.14. The van der Waals surface area contributed by atoms with Gasteiger partial charge in [-0.1, -0.05) is 74.7 Å². The molecule has 0 saturated heterocycles. The SMILES string of the molecule is CCCCCCc1ccc(C2CCC(c3ccc(Oc4ccc(N)cc4)cc3)(c3ccc(Oc4ccc(N)cc4)cc3)CC2)cc1. The van der Waals surface area contributed by atoms with E-state index in [1.54, 1.807) is 0 Å². The lowest BCUT2D eigenvalue weighted by Crippen LogP contribution is -2.32. The predicted molar refractivity (Wildman–Crippen MR) is 191 cm³/mol. The Kier molecular flexibility index (Phi) is 9.93. The van der Waals surface area contributed by atoms with Gasteiger partial charge in [0.05, 0.1) is 0 Å². The number of nitrogen functional groups attached to an aromatic ring is 2. The van der Waals surface area contributed by atoms with Crippen LogP contribution in [0.25, 0.3) is 0 Å². The molecule has 0 unspecified atom stereocenters. The summed E-state index contributed by atoms with van der Waals surface area (Å²) in [5, 5.41) is 0. The van der Waals surface area contributed by atoms with Gasteiger partial charge < -0.3 is 20.9 Å². The van der Waals surface area contributed by atoms with Gasteiger partial charge in [0.25, 0.3) is 0 Å². The second-order valence-corrected chi connectivity index (χ2v) is 12.8. The summed E-state index contributed by atoms with van der Waals surface area (Å²) in [7, 11) is 0. The highest BCUT2D eigenvalue weighted by atomic mass is 16.5. The Labute approximate surface area is 274 Å². The molecule has 1 aliphatic carbocycles. The number of ether oxygens (including phenoxy) is 2. The van der Waals surface area contributed by atoms with E-state index in [-0.39, 0.29) is 5.41 Å². The molecule has 0 atom stereocenters. The van der Waals surface area contributed by atoms with Crippen LogP contribution in [0.15, 0.2) is 121 Å². The number of rotatable bonds is 12. The minimum atomic E-state index is -0.0881. The largest absolute Gasteiger partial charge is 0.457 e. The lowest BCUT2D eigenvalue weighted by molar-refractivity contribution is 0.314. The van der Waals surface area contributed by atoms with Gasteiger partial charge in [-0.05, 0) is 139 Å². The number of unbranched alkanes of at least 4 members (excludes halogenated alkanes) is 3. The van der Waals surface area contributed by atoms with Crippen molar-refractivity contribution in [3.8, 4) is 23.0 Å². The molecule has 1 aliphatic rings. The highest BCUT2D eigenvalue weighted by Gasteiger charge is 2.39. The third-order valence-corrected chi connectivity index (χ3v) is 9.65. The van der Waals surface area contributed by atoms with Crippen molar-refractivity contribution in [3.63, 3.8) is 0 Å². The van der Waals surface area contributed by atoms with Crippen LogP contribution in [0.1, 0.15) is 86.5 Å². The molecule has 5 aromatic carbocycles. The van der Waals surface area contributed by atoms with E-state index in [0.29, 0.717) is 5.92 Å². The van der Waals surface area contributed by atoms with Crippen molar-refractivity contribution in [3.05, 3.63) is 144 Å². The highest BCUT2D eigenvalue weighted by molar-refractivity contribution is 5.48. The Hall–Kier alpha value is -4.70. The van der Waals surface area contributed by atoms with Crippen molar-refractivity contribution in [1.82, 2.24) is 0 Å². The molecule has 0 amide bonds. The molecule has 1 fully saturated rings. The molecule has 4 N–H and O–H groups in total. The molecule has 1 saturated carbocycles. The van der Waals surface area contributed by atoms with Crippen molar-refractivity contribution in [1.29, 1.82) is 0 Å². The monoisotopic (exact) mass is 610 g/mol. The van der Waals surface area contributed by atoms with Crippen molar-refractivity contribution < 1.29 is 9.47 Å². The zero-order valence-electron chi connectivity index (χ0n) is 27.0. The van der Waals surface area contributed by atoms with Crippen molar-refractivity contribution in [2.75, 3.05) is 11.5 Å². The number of benzene rings is 5. The molecule has 46 heavy (non-hydrogen) atoms. The first-order valence-electron chi connectivity index (χ1n) is 16.9. The Morgan fingerprint density at radius 3 is 1.41 bits per heavy atom. The number of nitrogens with two attached hydrogens (primary N) is 2. The summed E-state index contributed by atoms with van der Waals surface area (Å²) in [6.45, 7) is 2.27. The van der Waals surface area contributed by atoms with Gasteiger partial charge in [0, 0.05) is 16.8 Å². The first-order chi connectivity index (χ1) is 22.5. The van der Waals surface area contributed by atoms with Crippen LogP contribution < -0.4 is 20.9 Å². The van der Waals surface area contributed by atoms with E-state index < -0.39 is 0 Å². The summed E-state index contributed by atoms with van der Waals surface area (Å²) in [5.74, 6) is 3.77. The Morgan fingerprint density at radius 2 is 0.978 bits per heavy atom. The summed E-state index contributed by atoms with van der Waals surface area (Å²) in [4.78, 5) is 0. The zero-order chi connectivity index (χ0) is 31.8. The molecule has 0 aromatic heterocycles. The molecule has 0 spiro atoms. The van der Waals surface area contributed by atoms with Gasteiger partial charge >= 0.3 is 0 Å². The average Bonchev–Trinajstić information content (AvgIpc) is 3.10. The second-order valence-electron chi connectivity index (χ2n) is 12.8. The summed E-state index contributed by atoms with van der Waals surface area (Å²) >= 11 is 0. The van der Waals surface area contributed by atoms with Crippen LogP contribution in [0, 0.1) is 0 Å². The first-order valence-corrected chi connectivity index (χ1v) is 16.9. The van der Waals surface area contributed by atoms with Crippen LogP contribution in [-0.2, 0) is 11.8 Å². The van der Waals surface area contributed by atoms with Crippen LogP contribution >= 0.6 is 0 Å². The van der Waals surface area contributed by atoms with Crippen LogP contribution in [-0.4, -0.2) is 0 Å². The standard InChI is InChI=1S/C42H46N2O2/c1-2-3-4-5-6-31-7-9-32(10-8-31)33-27-29-42(30-28-33,34-11-19-38(20-12-34)45-40-23-15-36(43)16-24-40)35-13-21-39(22-14-35)46-41-25-17-37(44)18-26-41/h7-26,33H,2-6,27-30,43-44H2,1H3. The van der Waals surface area contributed by atoms with Gasteiger partial charge in [-0.15, -0.1) is 0 Å². The van der Waals surface area contributed by atoms with Gasteiger partial charge in [-0.3, -0.25) is 0 Å². The topological polar surface area (TPSA) is 70.5 Å². The molecular formula is C42H46N2O2. The number of hydrogen-bond donors (Lipinski definition) is 2. The predicted octanol–water partition coefficient (Wildman–Crippen LogP) is 11.2. The van der Waals surface area contributed by atoms with Crippen LogP contribution in [0.2, 0.25) is 0 Å². The fourth-order valence-corrected chi connectivity index (χ4v) is 6.93. The fraction of sp³-hybridized carbons (Fsp3) is 0.286. The molecular weight excluding hydrogens is 564 g/mol. The van der Waals surface area contributed by atoms with Gasteiger partial charge in [0.15, 0.2) is 0 Å². The van der Waals surface area contributed by atoms with Gasteiger partial charge in [-0.25, -0.2) is 0 Å². The minimum absolute atomic E-state index is 0.0881. The molecule has 236 valence electrons. The first kappa shape index (κ1) is 31.3. The smallest absolute Gasteiger partial charge is 0.127 e. The van der Waals surface area contributed by atoms with Crippen LogP contribution in [0.5, 0.6) is 23.0 Å². The number of anilines is 2. The maximum Gasteiger partial charge on any atom is 0.127 e. The highest BCUT2D eigenvalue weighted by Crippen LogP contribution is 2.49. The maximum absolute atomic E-state index is 6.14. The van der Waals surface area contributed by atoms with E-state index in [9.17, 15) is 0 Å². The average molecular weight is 611 g/mol. The van der Waals surface area contributed by atoms with E-state index in [1.165, 1.54) is 54.4 Å². The van der Waals surface area contributed by atoms with E-state index in [4.69, 9.17) is 20.9 Å². The number of aryl methyl sites for hydroxylation is 1. The van der Waals surface area contributed by atoms with Gasteiger partial charge in [0.2, 0.25) is 0 Å². The molecule has 4 heteroatoms. The third kappa shape index (κ3) is 7.56. The molecule has 0 radical (unpaired) electrons. The van der Waals surface area contributed by atoms with Crippen molar-refractivity contribution in [2.24, 2.45) is 0 Å². The quantitative estimate of drug-likeness (QED) is 0.109. The van der Waals surface area contributed by atoms with E-state index in [0.717, 1.165) is 60.1 Å². The Morgan fingerprint density at radius 1 is 0.543 bits per heavy atom. The van der Waals surface area contributed by atoms with Crippen LogP contribution in [0.4, 0.5) is 11.4 Å². The lowest BCUT2D eigenvalue weighted by atomic mass is 9.62. The normalized spacial score (nSPS) is 14.5. The lowest BCUT2D eigenvalue weighted by Gasteiger charge is -2.41. The van der Waals surface area contributed by atoms with E-state index in [1.807, 2.05) is 48.5 Å². The third-order valence-electron chi connectivity index (χ3n) is 9.65. The molecule has 0 aliphatic heterocycles. The minimum Gasteiger partial charge on any atom is -0.457 e. The van der Waals surface area contributed by atoms with Crippen LogP contribution in [0.3, 0.4) is 0 Å². The molecule has 4 nitrogen and oxygen atoms in total. The fourth-order valence-electron chi connectivity index (χ4n) is 6.93. The Balaban J connectivity index is 1.21. The zero-order valence-corrected chi connectivity index (χ0v) is 27.0. The van der Waals surface area contributed by atoms with Crippen molar-refractivity contribution in [2.45, 2.75) is 76.0 Å². The summed E-state index contributed by atoms with van der Waals surface area (Å²) < 4.78 is 12.3. The summed E-state index contributed by atoms with van der Waals surface area (Å²) in [6, 6.07) is 41.9. The number of hydrogen-bond acceptors (Lipinski definition) is 4. The molecule has 0 bridgehead atoms. The van der Waals surface area contributed by atoms with E-state index in [2.05, 4.69) is 79.7 Å². The molecule has 5 aromatic rings. The van der Waals surface area contributed by atoms with Crippen molar-refractivity contribution >= 4 is 11.4 Å².